The van der Waals surface area contributed by atoms with Crippen LogP contribution in [-0.2, 0) is 0 Å². The molecule has 16 heavy (non-hydrogen) atoms. The Labute approximate surface area is 109 Å². The first-order valence-electron chi connectivity index (χ1n) is 4.93. The molecule has 1 rings (SSSR count). The lowest BCUT2D eigenvalue weighted by molar-refractivity contribution is 0.193. The number of hydrogen-bond acceptors (Lipinski definition) is 1. The summed E-state index contributed by atoms with van der Waals surface area (Å²) in [6, 6.07) is 7.93. The summed E-state index contributed by atoms with van der Waals surface area (Å²) in [5.41, 5.74) is 2.18. The predicted octanol–water partition coefficient (Wildman–Crippen LogP) is 3.35. The quantitative estimate of drug-likeness (QED) is 0.835. The third kappa shape index (κ3) is 4.22. The van der Waals surface area contributed by atoms with Crippen LogP contribution in [-0.4, -0.2) is 17.2 Å². The minimum absolute atomic E-state index is 0.184. The molecule has 0 radical (unpaired) electrons. The maximum Gasteiger partial charge on any atom is 0.405 e. The Kier molecular flexibility index (Phi) is 4.79. The average Bonchev–Trinajstić information content (AvgIpc) is 2.16. The third-order valence-electron chi connectivity index (χ3n) is 2.15. The molecule has 1 aromatic rings. The topological polar surface area (TPSA) is 49.3 Å². The molecular formula is C12H14INO2. The highest BCUT2D eigenvalue weighted by atomic mass is 127. The van der Waals surface area contributed by atoms with Crippen molar-refractivity contribution in [1.82, 2.24) is 5.32 Å². The summed E-state index contributed by atoms with van der Waals surface area (Å²) >= 11 is 2.25. The number of halogens is 1. The van der Waals surface area contributed by atoms with Crippen molar-refractivity contribution in [3.63, 3.8) is 0 Å². The van der Waals surface area contributed by atoms with Crippen LogP contribution in [0.2, 0.25) is 0 Å². The van der Waals surface area contributed by atoms with Gasteiger partial charge in [-0.1, -0.05) is 18.2 Å². The Morgan fingerprint density at radius 1 is 1.44 bits per heavy atom. The highest BCUT2D eigenvalue weighted by Crippen LogP contribution is 2.16. The van der Waals surface area contributed by atoms with Crippen LogP contribution in [0.15, 0.2) is 30.3 Å². The lowest BCUT2D eigenvalue weighted by atomic mass is 10.1. The van der Waals surface area contributed by atoms with Gasteiger partial charge in [0.25, 0.3) is 0 Å². The standard InChI is InChI=1S/C12H14INO2/c1-8(7-9(2)14-12(15)16)10-3-5-11(13)6-4-10/h3-7,9,14H,1-2H3,(H,15,16)/t9-/m0/s1. The van der Waals surface area contributed by atoms with Crippen molar-refractivity contribution < 1.29 is 9.90 Å². The van der Waals surface area contributed by atoms with Gasteiger partial charge in [0.15, 0.2) is 0 Å². The Morgan fingerprint density at radius 2 is 2.00 bits per heavy atom. The predicted molar refractivity (Wildman–Crippen MR) is 73.4 cm³/mol. The van der Waals surface area contributed by atoms with Crippen molar-refractivity contribution in [3.05, 3.63) is 39.5 Å². The monoisotopic (exact) mass is 331 g/mol. The lowest BCUT2D eigenvalue weighted by Gasteiger charge is -2.08. The molecule has 2 N–H and O–H groups in total. The maximum atomic E-state index is 10.4. The van der Waals surface area contributed by atoms with Gasteiger partial charge in [-0.25, -0.2) is 4.79 Å². The van der Waals surface area contributed by atoms with E-state index in [1.165, 1.54) is 3.57 Å². The second-order valence-electron chi connectivity index (χ2n) is 3.59. The minimum atomic E-state index is -1.00. The van der Waals surface area contributed by atoms with Crippen LogP contribution in [0, 0.1) is 3.57 Å². The van der Waals surface area contributed by atoms with Crippen LogP contribution in [0.4, 0.5) is 4.79 Å². The summed E-state index contributed by atoms with van der Waals surface area (Å²) in [4.78, 5) is 10.4. The molecule has 0 aliphatic heterocycles. The van der Waals surface area contributed by atoms with E-state index in [2.05, 4.69) is 27.9 Å². The van der Waals surface area contributed by atoms with E-state index >= 15 is 0 Å². The molecule has 1 atom stereocenters. The van der Waals surface area contributed by atoms with Gasteiger partial charge in [-0.2, -0.15) is 0 Å². The van der Waals surface area contributed by atoms with Gasteiger partial charge < -0.3 is 10.4 Å². The van der Waals surface area contributed by atoms with E-state index in [0.717, 1.165) is 11.1 Å². The zero-order valence-electron chi connectivity index (χ0n) is 9.20. The Bertz CT molecular complexity index is 398. The number of allylic oxidation sites excluding steroid dienone is 1. The molecule has 0 spiro atoms. The second-order valence-corrected chi connectivity index (χ2v) is 4.84. The van der Waals surface area contributed by atoms with Crippen LogP contribution in [0.5, 0.6) is 0 Å². The maximum absolute atomic E-state index is 10.4. The Morgan fingerprint density at radius 3 is 2.50 bits per heavy atom. The molecule has 0 bridgehead atoms. The zero-order valence-corrected chi connectivity index (χ0v) is 11.4. The van der Waals surface area contributed by atoms with E-state index in [0.29, 0.717) is 0 Å². The van der Waals surface area contributed by atoms with E-state index in [9.17, 15) is 4.79 Å². The Hall–Kier alpha value is -1.04. The fraction of sp³-hybridized carbons (Fsp3) is 0.250. The summed E-state index contributed by atoms with van der Waals surface area (Å²) in [6.45, 7) is 3.78. The first kappa shape index (κ1) is 13.0. The molecule has 4 heteroatoms. The van der Waals surface area contributed by atoms with Crippen molar-refractivity contribution in [1.29, 1.82) is 0 Å². The van der Waals surface area contributed by atoms with Gasteiger partial charge in [-0.15, -0.1) is 0 Å². The van der Waals surface area contributed by atoms with Gasteiger partial charge in [0.05, 0.1) is 0 Å². The van der Waals surface area contributed by atoms with Crippen LogP contribution < -0.4 is 5.32 Å². The lowest BCUT2D eigenvalue weighted by Crippen LogP contribution is -2.29. The highest BCUT2D eigenvalue weighted by Gasteiger charge is 2.03. The van der Waals surface area contributed by atoms with Crippen molar-refractivity contribution in [2.75, 3.05) is 0 Å². The second kappa shape index (κ2) is 5.89. The molecule has 0 fully saturated rings. The number of hydrogen-bond donors (Lipinski definition) is 2. The normalized spacial score (nSPS) is 13.3. The number of carbonyl (C=O) groups is 1. The van der Waals surface area contributed by atoms with Gasteiger partial charge >= 0.3 is 6.09 Å². The smallest absolute Gasteiger partial charge is 0.405 e. The first-order valence-corrected chi connectivity index (χ1v) is 6.00. The fourth-order valence-corrected chi connectivity index (χ4v) is 1.78. The van der Waals surface area contributed by atoms with E-state index in [1.54, 1.807) is 0 Å². The molecule has 86 valence electrons. The molecule has 3 nitrogen and oxygen atoms in total. The van der Waals surface area contributed by atoms with Crippen LogP contribution in [0.1, 0.15) is 19.4 Å². The van der Waals surface area contributed by atoms with E-state index in [-0.39, 0.29) is 6.04 Å². The molecule has 0 aliphatic rings. The van der Waals surface area contributed by atoms with Crippen molar-refractivity contribution in [2.24, 2.45) is 0 Å². The number of benzene rings is 1. The fourth-order valence-electron chi connectivity index (χ4n) is 1.42. The molecule has 1 amide bonds. The van der Waals surface area contributed by atoms with Crippen molar-refractivity contribution >= 4 is 34.3 Å². The summed E-state index contributed by atoms with van der Waals surface area (Å²) in [5.74, 6) is 0. The average molecular weight is 331 g/mol. The first-order chi connectivity index (χ1) is 7.49. The molecular weight excluding hydrogens is 317 g/mol. The minimum Gasteiger partial charge on any atom is -0.465 e. The van der Waals surface area contributed by atoms with Crippen LogP contribution in [0.3, 0.4) is 0 Å². The molecule has 0 heterocycles. The number of rotatable bonds is 3. The molecule has 0 saturated heterocycles. The molecule has 0 aliphatic carbocycles. The largest absolute Gasteiger partial charge is 0.465 e. The van der Waals surface area contributed by atoms with Crippen LogP contribution >= 0.6 is 22.6 Å². The zero-order chi connectivity index (χ0) is 12.1. The highest BCUT2D eigenvalue weighted by molar-refractivity contribution is 14.1. The van der Waals surface area contributed by atoms with E-state index in [1.807, 2.05) is 44.2 Å². The van der Waals surface area contributed by atoms with Crippen molar-refractivity contribution in [3.8, 4) is 0 Å². The molecule has 1 aromatic carbocycles. The third-order valence-corrected chi connectivity index (χ3v) is 2.87. The summed E-state index contributed by atoms with van der Waals surface area (Å²) in [6.07, 6.45) is 0.898. The van der Waals surface area contributed by atoms with Gasteiger partial charge in [0.1, 0.15) is 0 Å². The van der Waals surface area contributed by atoms with Gasteiger partial charge in [-0.05, 0) is 59.7 Å². The van der Waals surface area contributed by atoms with Crippen molar-refractivity contribution in [2.45, 2.75) is 19.9 Å². The molecule has 0 saturated carbocycles. The van der Waals surface area contributed by atoms with Gasteiger partial charge in [0, 0.05) is 9.61 Å². The summed E-state index contributed by atoms with van der Waals surface area (Å²) in [5, 5.41) is 11.0. The van der Waals surface area contributed by atoms with E-state index < -0.39 is 6.09 Å². The SMILES string of the molecule is CC(=C[C@H](C)NC(=O)O)c1ccc(I)cc1. The molecule has 0 unspecified atom stereocenters. The van der Waals surface area contributed by atoms with Crippen LogP contribution in [0.25, 0.3) is 5.57 Å². The van der Waals surface area contributed by atoms with E-state index in [4.69, 9.17) is 5.11 Å². The summed E-state index contributed by atoms with van der Waals surface area (Å²) < 4.78 is 1.19. The summed E-state index contributed by atoms with van der Waals surface area (Å²) in [7, 11) is 0. The molecule has 0 aromatic heterocycles. The van der Waals surface area contributed by atoms with Gasteiger partial charge in [-0.3, -0.25) is 0 Å². The number of carboxylic acid groups (broad SMARTS) is 1. The number of nitrogens with one attached hydrogen (secondary N) is 1. The Balaban J connectivity index is 2.76. The number of amides is 1. The van der Waals surface area contributed by atoms with Gasteiger partial charge in [0.2, 0.25) is 0 Å².